The Hall–Kier alpha value is -2.86. The molecule has 2 amide bonds. The molecule has 0 spiro atoms. The molecule has 8 nitrogen and oxygen atoms in total. The summed E-state index contributed by atoms with van der Waals surface area (Å²) in [5.41, 5.74) is 2.76. The molecule has 0 atom stereocenters. The zero-order chi connectivity index (χ0) is 23.7. The maximum absolute atomic E-state index is 12.4. The fourth-order valence-corrected chi connectivity index (χ4v) is 5.63. The fraction of sp³-hybridized carbons (Fsp3) is 0.182. The zero-order valence-electron chi connectivity index (χ0n) is 17.7. The molecule has 1 aromatic heterocycles. The van der Waals surface area contributed by atoms with Gasteiger partial charge in [-0.1, -0.05) is 18.2 Å². The molecule has 11 heteroatoms. The molecule has 2 aromatic carbocycles. The van der Waals surface area contributed by atoms with Gasteiger partial charge in [-0.15, -0.1) is 27.9 Å². The van der Waals surface area contributed by atoms with Crippen LogP contribution >= 0.6 is 23.1 Å². The molecule has 0 unspecified atom stereocenters. The lowest BCUT2D eigenvalue weighted by Gasteiger charge is -2.07. The Morgan fingerprint density at radius 2 is 1.73 bits per heavy atom. The molecule has 1 heterocycles. The van der Waals surface area contributed by atoms with Crippen LogP contribution in [0.25, 0.3) is 0 Å². The highest BCUT2D eigenvalue weighted by Gasteiger charge is 2.18. The van der Waals surface area contributed by atoms with E-state index in [1.807, 2.05) is 30.3 Å². The summed E-state index contributed by atoms with van der Waals surface area (Å²) in [5.74, 6) is 0.559. The SMILES string of the molecule is COc1ccc(SCCC(=O)NNS(=O)(=O)c2ccc(CNC(=O)c3ccccc3)s2)cc1. The van der Waals surface area contributed by atoms with Crippen molar-refractivity contribution in [2.45, 2.75) is 22.1 Å². The average Bonchev–Trinajstić information content (AvgIpc) is 3.32. The van der Waals surface area contributed by atoms with Crippen molar-refractivity contribution in [2.24, 2.45) is 0 Å². The summed E-state index contributed by atoms with van der Waals surface area (Å²) in [6.07, 6.45) is 0.139. The van der Waals surface area contributed by atoms with E-state index >= 15 is 0 Å². The second-order valence-electron chi connectivity index (χ2n) is 6.70. The van der Waals surface area contributed by atoms with E-state index < -0.39 is 15.9 Å². The topological polar surface area (TPSA) is 114 Å². The van der Waals surface area contributed by atoms with Gasteiger partial charge in [0.1, 0.15) is 9.96 Å². The summed E-state index contributed by atoms with van der Waals surface area (Å²) in [6, 6.07) is 19.2. The van der Waals surface area contributed by atoms with E-state index in [1.165, 1.54) is 17.8 Å². The average molecular weight is 506 g/mol. The maximum atomic E-state index is 12.4. The standard InChI is InChI=1S/C22H23N3O5S3/c1-30-17-7-9-18(10-8-17)31-14-13-20(26)24-25-33(28,29)21-12-11-19(32-21)15-23-22(27)16-5-3-2-4-6-16/h2-12,25H,13-15H2,1H3,(H,23,27)(H,24,26). The second kappa shape index (κ2) is 11.8. The first-order chi connectivity index (χ1) is 15.9. The normalized spacial score (nSPS) is 11.1. The number of ether oxygens (including phenoxy) is 1. The van der Waals surface area contributed by atoms with E-state index in [0.29, 0.717) is 16.2 Å². The van der Waals surface area contributed by atoms with Crippen LogP contribution in [-0.4, -0.2) is 33.1 Å². The largest absolute Gasteiger partial charge is 0.497 e. The van der Waals surface area contributed by atoms with Crippen LogP contribution in [-0.2, 0) is 21.4 Å². The fourth-order valence-electron chi connectivity index (χ4n) is 2.63. The van der Waals surface area contributed by atoms with Crippen molar-refractivity contribution >= 4 is 44.9 Å². The zero-order valence-corrected chi connectivity index (χ0v) is 20.2. The Labute approximate surface area is 200 Å². The van der Waals surface area contributed by atoms with Gasteiger partial charge in [0.15, 0.2) is 0 Å². The summed E-state index contributed by atoms with van der Waals surface area (Å²) in [7, 11) is -2.32. The van der Waals surface area contributed by atoms with Crippen LogP contribution in [0.3, 0.4) is 0 Å². The van der Waals surface area contributed by atoms with Crippen molar-refractivity contribution in [1.82, 2.24) is 15.6 Å². The molecule has 0 bridgehead atoms. The maximum Gasteiger partial charge on any atom is 0.266 e. The van der Waals surface area contributed by atoms with E-state index in [1.54, 1.807) is 37.4 Å². The number of hydrogen-bond donors (Lipinski definition) is 3. The molecular formula is C22H23N3O5S3. The van der Waals surface area contributed by atoms with Crippen molar-refractivity contribution in [2.75, 3.05) is 12.9 Å². The molecular weight excluding hydrogens is 482 g/mol. The lowest BCUT2D eigenvalue weighted by atomic mass is 10.2. The number of carbonyl (C=O) groups is 2. The number of benzene rings is 2. The number of thiophene rings is 1. The van der Waals surface area contributed by atoms with Crippen molar-refractivity contribution < 1.29 is 22.7 Å². The summed E-state index contributed by atoms with van der Waals surface area (Å²) < 4.78 is 30.0. The van der Waals surface area contributed by atoms with E-state index in [9.17, 15) is 18.0 Å². The molecule has 0 aliphatic rings. The summed E-state index contributed by atoms with van der Waals surface area (Å²) >= 11 is 2.50. The lowest BCUT2D eigenvalue weighted by Crippen LogP contribution is -2.41. The van der Waals surface area contributed by atoms with Gasteiger partial charge in [-0.2, -0.15) is 0 Å². The van der Waals surface area contributed by atoms with Crippen LogP contribution in [0.1, 0.15) is 21.7 Å². The van der Waals surface area contributed by atoms with Gasteiger partial charge in [-0.3, -0.25) is 15.0 Å². The van der Waals surface area contributed by atoms with Crippen LogP contribution < -0.4 is 20.3 Å². The summed E-state index contributed by atoms with van der Waals surface area (Å²) in [5, 5.41) is 2.75. The van der Waals surface area contributed by atoms with Crippen molar-refractivity contribution in [3.63, 3.8) is 0 Å². The third kappa shape index (κ3) is 7.60. The molecule has 0 aliphatic heterocycles. The molecule has 0 aliphatic carbocycles. The highest BCUT2D eigenvalue weighted by Crippen LogP contribution is 2.22. The van der Waals surface area contributed by atoms with Gasteiger partial charge in [-0.25, -0.2) is 8.42 Å². The van der Waals surface area contributed by atoms with Gasteiger partial charge in [0.05, 0.1) is 13.7 Å². The number of amides is 2. The molecule has 0 radical (unpaired) electrons. The number of rotatable bonds is 11. The van der Waals surface area contributed by atoms with Crippen LogP contribution in [0.2, 0.25) is 0 Å². The third-order valence-corrected chi connectivity index (χ3v) is 8.18. The monoisotopic (exact) mass is 505 g/mol. The molecule has 3 N–H and O–H groups in total. The second-order valence-corrected chi connectivity index (χ2v) is 10.9. The number of methoxy groups -OCH3 is 1. The minimum absolute atomic E-state index is 0.0411. The molecule has 33 heavy (non-hydrogen) atoms. The van der Waals surface area contributed by atoms with E-state index in [2.05, 4.69) is 15.6 Å². The first-order valence-corrected chi connectivity index (χ1v) is 13.2. The van der Waals surface area contributed by atoms with E-state index in [-0.39, 0.29) is 23.1 Å². The quantitative estimate of drug-likeness (QED) is 0.273. The Morgan fingerprint density at radius 1 is 1.00 bits per heavy atom. The third-order valence-electron chi connectivity index (χ3n) is 4.34. The van der Waals surface area contributed by atoms with Crippen molar-refractivity contribution in [3.05, 3.63) is 77.2 Å². The Kier molecular flexibility index (Phi) is 8.89. The van der Waals surface area contributed by atoms with Gasteiger partial charge in [0.2, 0.25) is 5.91 Å². The predicted molar refractivity (Wildman–Crippen MR) is 129 cm³/mol. The van der Waals surface area contributed by atoms with Crippen LogP contribution in [0.4, 0.5) is 0 Å². The highest BCUT2D eigenvalue weighted by molar-refractivity contribution is 7.99. The summed E-state index contributed by atoms with van der Waals surface area (Å²) in [4.78, 5) is 27.9. The molecule has 0 fully saturated rings. The Morgan fingerprint density at radius 3 is 2.42 bits per heavy atom. The van der Waals surface area contributed by atoms with Gasteiger partial charge < -0.3 is 10.1 Å². The van der Waals surface area contributed by atoms with Crippen LogP contribution in [0, 0.1) is 0 Å². The predicted octanol–water partition coefficient (Wildman–Crippen LogP) is 3.18. The first kappa shape index (κ1) is 24.8. The van der Waals surface area contributed by atoms with Gasteiger partial charge >= 0.3 is 0 Å². The number of hydrogen-bond acceptors (Lipinski definition) is 7. The minimum Gasteiger partial charge on any atom is -0.497 e. The molecule has 174 valence electrons. The van der Waals surface area contributed by atoms with E-state index in [0.717, 1.165) is 22.0 Å². The van der Waals surface area contributed by atoms with Crippen LogP contribution in [0.15, 0.2) is 75.8 Å². The van der Waals surface area contributed by atoms with Crippen molar-refractivity contribution in [3.8, 4) is 5.75 Å². The van der Waals surface area contributed by atoms with Gasteiger partial charge in [0.25, 0.3) is 15.9 Å². The lowest BCUT2D eigenvalue weighted by molar-refractivity contribution is -0.121. The van der Waals surface area contributed by atoms with Gasteiger partial charge in [-0.05, 0) is 48.5 Å². The number of sulfonamides is 1. The molecule has 3 rings (SSSR count). The smallest absolute Gasteiger partial charge is 0.266 e. The van der Waals surface area contributed by atoms with Crippen molar-refractivity contribution in [1.29, 1.82) is 0 Å². The number of hydrazine groups is 1. The molecule has 3 aromatic rings. The number of thioether (sulfide) groups is 1. The Balaban J connectivity index is 1.42. The minimum atomic E-state index is -3.91. The summed E-state index contributed by atoms with van der Waals surface area (Å²) in [6.45, 7) is 0.197. The number of carbonyl (C=O) groups excluding carboxylic acids is 2. The Bertz CT molecular complexity index is 1180. The number of nitrogens with one attached hydrogen (secondary N) is 3. The van der Waals surface area contributed by atoms with Crippen LogP contribution in [0.5, 0.6) is 5.75 Å². The van der Waals surface area contributed by atoms with Gasteiger partial charge in [0, 0.05) is 27.5 Å². The first-order valence-electron chi connectivity index (χ1n) is 9.87. The molecule has 0 saturated carbocycles. The van der Waals surface area contributed by atoms with E-state index in [4.69, 9.17) is 4.74 Å². The molecule has 0 saturated heterocycles. The highest BCUT2D eigenvalue weighted by atomic mass is 32.2.